The molecule has 0 aliphatic carbocycles. The van der Waals surface area contributed by atoms with E-state index in [1.54, 1.807) is 7.11 Å². The Balaban J connectivity index is 2.28. The van der Waals surface area contributed by atoms with Crippen molar-refractivity contribution < 1.29 is 9.47 Å². The van der Waals surface area contributed by atoms with Crippen LogP contribution in [0.3, 0.4) is 0 Å². The first-order valence-electron chi connectivity index (χ1n) is 3.18. The standard InChI is InChI=1S/C7H12O2/c1-8-5-7-3-2-4-9-6-7/h3H,2,4-6H2,1H3. The van der Waals surface area contributed by atoms with E-state index in [0.29, 0.717) is 0 Å². The molecular formula is C7H12O2. The molecule has 0 saturated carbocycles. The van der Waals surface area contributed by atoms with Crippen molar-refractivity contribution in [3.05, 3.63) is 11.6 Å². The molecule has 2 nitrogen and oxygen atoms in total. The molecule has 0 aromatic heterocycles. The maximum absolute atomic E-state index is 5.19. The van der Waals surface area contributed by atoms with Crippen LogP contribution in [0.4, 0.5) is 0 Å². The van der Waals surface area contributed by atoms with E-state index in [0.717, 1.165) is 26.2 Å². The van der Waals surface area contributed by atoms with Gasteiger partial charge < -0.3 is 9.47 Å². The summed E-state index contributed by atoms with van der Waals surface area (Å²) >= 11 is 0. The lowest BCUT2D eigenvalue weighted by atomic mass is 10.2. The van der Waals surface area contributed by atoms with Crippen molar-refractivity contribution in [3.63, 3.8) is 0 Å². The molecule has 0 N–H and O–H groups in total. The maximum atomic E-state index is 5.19. The van der Waals surface area contributed by atoms with Crippen LogP contribution >= 0.6 is 0 Å². The molecule has 0 amide bonds. The third kappa shape index (κ3) is 2.16. The van der Waals surface area contributed by atoms with E-state index >= 15 is 0 Å². The van der Waals surface area contributed by atoms with E-state index in [1.165, 1.54) is 5.57 Å². The molecular weight excluding hydrogens is 116 g/mol. The van der Waals surface area contributed by atoms with Crippen LogP contribution in [0, 0.1) is 0 Å². The molecule has 1 aliphatic rings. The van der Waals surface area contributed by atoms with Gasteiger partial charge in [-0.1, -0.05) is 6.08 Å². The topological polar surface area (TPSA) is 18.5 Å². The van der Waals surface area contributed by atoms with Gasteiger partial charge in [0.05, 0.1) is 19.8 Å². The van der Waals surface area contributed by atoms with Crippen LogP contribution < -0.4 is 0 Å². The van der Waals surface area contributed by atoms with Gasteiger partial charge in [0.25, 0.3) is 0 Å². The van der Waals surface area contributed by atoms with Gasteiger partial charge in [-0.15, -0.1) is 0 Å². The predicted octanol–water partition coefficient (Wildman–Crippen LogP) is 0.980. The molecule has 0 atom stereocenters. The third-order valence-electron chi connectivity index (χ3n) is 1.31. The summed E-state index contributed by atoms with van der Waals surface area (Å²) in [6.07, 6.45) is 3.23. The van der Waals surface area contributed by atoms with Crippen LogP contribution in [-0.4, -0.2) is 26.9 Å². The smallest absolute Gasteiger partial charge is 0.0699 e. The minimum atomic E-state index is 0.722. The normalized spacial score (nSPS) is 19.4. The van der Waals surface area contributed by atoms with Gasteiger partial charge in [-0.2, -0.15) is 0 Å². The van der Waals surface area contributed by atoms with Gasteiger partial charge in [-0.3, -0.25) is 0 Å². The highest BCUT2D eigenvalue weighted by atomic mass is 16.5. The molecule has 1 aliphatic heterocycles. The number of hydrogen-bond donors (Lipinski definition) is 0. The van der Waals surface area contributed by atoms with Gasteiger partial charge in [0.15, 0.2) is 0 Å². The number of ether oxygens (including phenoxy) is 2. The summed E-state index contributed by atoms with van der Waals surface area (Å²) in [5.41, 5.74) is 1.27. The van der Waals surface area contributed by atoms with E-state index in [9.17, 15) is 0 Å². The summed E-state index contributed by atoms with van der Waals surface area (Å²) in [5, 5.41) is 0. The summed E-state index contributed by atoms with van der Waals surface area (Å²) < 4.78 is 10.1. The Morgan fingerprint density at radius 1 is 1.78 bits per heavy atom. The largest absolute Gasteiger partial charge is 0.380 e. The van der Waals surface area contributed by atoms with E-state index in [4.69, 9.17) is 9.47 Å². The average Bonchev–Trinajstić information content (AvgIpc) is 1.91. The molecule has 2 heteroatoms. The molecule has 0 saturated heterocycles. The Hall–Kier alpha value is -0.340. The quantitative estimate of drug-likeness (QED) is 0.516. The van der Waals surface area contributed by atoms with Crippen LogP contribution in [-0.2, 0) is 9.47 Å². The summed E-state index contributed by atoms with van der Waals surface area (Å²) in [5.74, 6) is 0. The van der Waals surface area contributed by atoms with Crippen LogP contribution in [0.5, 0.6) is 0 Å². The summed E-state index contributed by atoms with van der Waals surface area (Å²) in [6, 6.07) is 0. The van der Waals surface area contributed by atoms with E-state index < -0.39 is 0 Å². The SMILES string of the molecule is COCC1=CCCOC1. The van der Waals surface area contributed by atoms with Crippen molar-refractivity contribution in [3.8, 4) is 0 Å². The Bertz CT molecular complexity index is 107. The molecule has 0 radical (unpaired) electrons. The highest BCUT2D eigenvalue weighted by molar-refractivity contribution is 5.04. The molecule has 1 rings (SSSR count). The fourth-order valence-electron chi connectivity index (χ4n) is 0.895. The average molecular weight is 128 g/mol. The van der Waals surface area contributed by atoms with Gasteiger partial charge in [-0.05, 0) is 12.0 Å². The van der Waals surface area contributed by atoms with Crippen molar-refractivity contribution in [1.82, 2.24) is 0 Å². The van der Waals surface area contributed by atoms with Gasteiger partial charge in [0, 0.05) is 7.11 Å². The predicted molar refractivity (Wildman–Crippen MR) is 35.4 cm³/mol. The number of rotatable bonds is 2. The van der Waals surface area contributed by atoms with E-state index in [-0.39, 0.29) is 0 Å². The van der Waals surface area contributed by atoms with Crippen LogP contribution in [0.25, 0.3) is 0 Å². The lowest BCUT2D eigenvalue weighted by molar-refractivity contribution is 0.130. The fraction of sp³-hybridized carbons (Fsp3) is 0.714. The van der Waals surface area contributed by atoms with E-state index in [1.807, 2.05) is 0 Å². The minimum Gasteiger partial charge on any atom is -0.380 e. The van der Waals surface area contributed by atoms with Crippen molar-refractivity contribution >= 4 is 0 Å². The second-order valence-electron chi connectivity index (χ2n) is 2.14. The first-order valence-corrected chi connectivity index (χ1v) is 3.18. The molecule has 0 fully saturated rings. The van der Waals surface area contributed by atoms with Crippen molar-refractivity contribution in [2.45, 2.75) is 6.42 Å². The molecule has 1 heterocycles. The summed E-state index contributed by atoms with van der Waals surface area (Å²) in [6.45, 7) is 2.35. The Labute approximate surface area is 55.5 Å². The van der Waals surface area contributed by atoms with Gasteiger partial charge >= 0.3 is 0 Å². The maximum Gasteiger partial charge on any atom is 0.0699 e. The zero-order valence-corrected chi connectivity index (χ0v) is 5.72. The summed E-state index contributed by atoms with van der Waals surface area (Å²) in [7, 11) is 1.70. The zero-order valence-electron chi connectivity index (χ0n) is 5.72. The monoisotopic (exact) mass is 128 g/mol. The molecule has 52 valence electrons. The van der Waals surface area contributed by atoms with Crippen molar-refractivity contribution in [2.75, 3.05) is 26.9 Å². The van der Waals surface area contributed by atoms with E-state index in [2.05, 4.69) is 6.08 Å². The lowest BCUT2D eigenvalue weighted by Crippen LogP contribution is -2.09. The second-order valence-corrected chi connectivity index (χ2v) is 2.14. The van der Waals surface area contributed by atoms with Crippen LogP contribution in [0.2, 0.25) is 0 Å². The van der Waals surface area contributed by atoms with Gasteiger partial charge in [0.2, 0.25) is 0 Å². The molecule has 9 heavy (non-hydrogen) atoms. The first-order chi connectivity index (χ1) is 4.43. The number of hydrogen-bond acceptors (Lipinski definition) is 2. The highest BCUT2D eigenvalue weighted by Crippen LogP contribution is 2.04. The molecule has 0 bridgehead atoms. The van der Waals surface area contributed by atoms with Crippen LogP contribution in [0.15, 0.2) is 11.6 Å². The summed E-state index contributed by atoms with van der Waals surface area (Å²) in [4.78, 5) is 0. The van der Waals surface area contributed by atoms with Crippen molar-refractivity contribution in [2.24, 2.45) is 0 Å². The Kier molecular flexibility index (Phi) is 2.74. The zero-order chi connectivity index (χ0) is 6.53. The Morgan fingerprint density at radius 3 is 3.22 bits per heavy atom. The van der Waals surface area contributed by atoms with Crippen molar-refractivity contribution in [1.29, 1.82) is 0 Å². The first kappa shape index (κ1) is 6.78. The lowest BCUT2D eigenvalue weighted by Gasteiger charge is -2.11. The molecule has 0 unspecified atom stereocenters. The number of methoxy groups -OCH3 is 1. The van der Waals surface area contributed by atoms with Gasteiger partial charge in [-0.25, -0.2) is 0 Å². The Morgan fingerprint density at radius 2 is 2.67 bits per heavy atom. The molecule has 0 aromatic carbocycles. The van der Waals surface area contributed by atoms with Crippen LogP contribution in [0.1, 0.15) is 6.42 Å². The third-order valence-corrected chi connectivity index (χ3v) is 1.31. The minimum absolute atomic E-state index is 0.722. The van der Waals surface area contributed by atoms with Gasteiger partial charge in [0.1, 0.15) is 0 Å². The fourth-order valence-corrected chi connectivity index (χ4v) is 0.895. The second kappa shape index (κ2) is 3.64. The highest BCUT2D eigenvalue weighted by Gasteiger charge is 2.01. The molecule has 0 spiro atoms. The molecule has 0 aromatic rings.